The number of aliphatic carboxylic acids is 1. The second-order valence-corrected chi connectivity index (χ2v) is 7.04. The molecule has 21 heavy (non-hydrogen) atoms. The average molecular weight is 325 g/mol. The van der Waals surface area contributed by atoms with Crippen LogP contribution in [0.4, 0.5) is 5.69 Å². The van der Waals surface area contributed by atoms with Gasteiger partial charge in [-0.3, -0.25) is 0 Å². The summed E-state index contributed by atoms with van der Waals surface area (Å²) in [6, 6.07) is 6.04. The Hall–Kier alpha value is -1.59. The monoisotopic (exact) mass is 324 g/mol. The lowest BCUT2D eigenvalue weighted by Gasteiger charge is -2.16. The van der Waals surface area contributed by atoms with E-state index in [1.54, 1.807) is 29.6 Å². The van der Waals surface area contributed by atoms with Crippen molar-refractivity contribution < 1.29 is 9.90 Å². The fourth-order valence-corrected chi connectivity index (χ4v) is 2.80. The molecule has 0 bridgehead atoms. The number of hydrogen-bond donors (Lipinski definition) is 2. The zero-order valence-electron chi connectivity index (χ0n) is 12.1. The van der Waals surface area contributed by atoms with E-state index in [9.17, 15) is 9.90 Å². The summed E-state index contributed by atoms with van der Waals surface area (Å²) in [7, 11) is 0. The molecule has 1 aromatic heterocycles. The lowest BCUT2D eigenvalue weighted by molar-refractivity contribution is -0.138. The molecule has 0 aliphatic carbocycles. The summed E-state index contributed by atoms with van der Waals surface area (Å²) in [5.41, 5.74) is 1.12. The van der Waals surface area contributed by atoms with Gasteiger partial charge in [0.25, 0.3) is 0 Å². The zero-order valence-corrected chi connectivity index (χ0v) is 13.6. The van der Waals surface area contributed by atoms with Gasteiger partial charge in [-0.05, 0) is 24.3 Å². The van der Waals surface area contributed by atoms with Crippen LogP contribution in [-0.4, -0.2) is 16.1 Å². The number of benzene rings is 1. The van der Waals surface area contributed by atoms with Gasteiger partial charge in [0.15, 0.2) is 6.04 Å². The van der Waals surface area contributed by atoms with E-state index in [-0.39, 0.29) is 5.41 Å². The van der Waals surface area contributed by atoms with Crippen molar-refractivity contribution in [3.63, 3.8) is 0 Å². The normalized spacial score (nSPS) is 13.0. The van der Waals surface area contributed by atoms with Gasteiger partial charge in [-0.25, -0.2) is 9.78 Å². The summed E-state index contributed by atoms with van der Waals surface area (Å²) >= 11 is 7.31. The Morgan fingerprint density at radius 1 is 1.33 bits per heavy atom. The standard InChI is InChI=1S/C15H17ClN2O2S/c1-15(2,3)14-18-11(8-21-14)12(13(19)20)17-10-6-4-9(16)5-7-10/h4-8,12,17H,1-3H3,(H,19,20). The molecule has 6 heteroatoms. The Bertz CT molecular complexity index is 632. The summed E-state index contributed by atoms with van der Waals surface area (Å²) in [5.74, 6) is -0.962. The smallest absolute Gasteiger partial charge is 0.332 e. The lowest BCUT2D eigenvalue weighted by Crippen LogP contribution is -2.21. The maximum atomic E-state index is 11.5. The number of rotatable bonds is 4. The predicted octanol–water partition coefficient (Wildman–Crippen LogP) is 4.33. The molecule has 2 N–H and O–H groups in total. The highest BCUT2D eigenvalue weighted by Crippen LogP contribution is 2.29. The average Bonchev–Trinajstić information content (AvgIpc) is 2.87. The molecular weight excluding hydrogens is 308 g/mol. The highest BCUT2D eigenvalue weighted by Gasteiger charge is 2.25. The van der Waals surface area contributed by atoms with Crippen LogP contribution in [-0.2, 0) is 10.2 Å². The summed E-state index contributed by atoms with van der Waals surface area (Å²) in [5, 5.41) is 15.7. The molecule has 1 unspecified atom stereocenters. The minimum atomic E-state index is -0.962. The van der Waals surface area contributed by atoms with Crippen molar-refractivity contribution in [1.82, 2.24) is 4.98 Å². The fourth-order valence-electron chi connectivity index (χ4n) is 1.74. The summed E-state index contributed by atoms with van der Waals surface area (Å²) in [4.78, 5) is 16.0. The van der Waals surface area contributed by atoms with Crippen molar-refractivity contribution in [3.05, 3.63) is 45.4 Å². The van der Waals surface area contributed by atoms with E-state index in [2.05, 4.69) is 31.1 Å². The molecular formula is C15H17ClN2O2S. The molecule has 2 rings (SSSR count). The van der Waals surface area contributed by atoms with E-state index in [4.69, 9.17) is 11.6 Å². The number of halogens is 1. The van der Waals surface area contributed by atoms with Crippen molar-refractivity contribution in [2.45, 2.75) is 32.2 Å². The third-order valence-corrected chi connectivity index (χ3v) is 4.40. The minimum Gasteiger partial charge on any atom is -0.479 e. The second kappa shape index (κ2) is 6.03. The van der Waals surface area contributed by atoms with E-state index in [0.29, 0.717) is 16.4 Å². The largest absolute Gasteiger partial charge is 0.479 e. The molecule has 0 amide bonds. The van der Waals surface area contributed by atoms with E-state index in [1.807, 2.05) is 0 Å². The van der Waals surface area contributed by atoms with Gasteiger partial charge in [-0.15, -0.1) is 11.3 Å². The highest BCUT2D eigenvalue weighted by molar-refractivity contribution is 7.09. The summed E-state index contributed by atoms with van der Waals surface area (Å²) < 4.78 is 0. The quantitative estimate of drug-likeness (QED) is 0.878. The molecule has 0 aliphatic heterocycles. The SMILES string of the molecule is CC(C)(C)c1nc(C(Nc2ccc(Cl)cc2)C(=O)O)cs1. The number of nitrogens with one attached hydrogen (secondary N) is 1. The Morgan fingerprint density at radius 3 is 2.43 bits per heavy atom. The first-order chi connectivity index (χ1) is 9.77. The third-order valence-electron chi connectivity index (χ3n) is 2.86. The molecule has 0 spiro atoms. The van der Waals surface area contributed by atoms with E-state index in [0.717, 1.165) is 5.01 Å². The van der Waals surface area contributed by atoms with Crippen molar-refractivity contribution in [1.29, 1.82) is 0 Å². The third kappa shape index (κ3) is 3.95. The van der Waals surface area contributed by atoms with Gasteiger partial charge in [0.05, 0.1) is 10.7 Å². The van der Waals surface area contributed by atoms with Gasteiger partial charge in [0, 0.05) is 21.5 Å². The van der Waals surface area contributed by atoms with Crippen LogP contribution < -0.4 is 5.32 Å². The van der Waals surface area contributed by atoms with Crippen molar-refractivity contribution >= 4 is 34.6 Å². The first kappa shape index (κ1) is 15.8. The van der Waals surface area contributed by atoms with Gasteiger partial charge < -0.3 is 10.4 Å². The van der Waals surface area contributed by atoms with Crippen LogP contribution >= 0.6 is 22.9 Å². The first-order valence-electron chi connectivity index (χ1n) is 6.48. The van der Waals surface area contributed by atoms with E-state index >= 15 is 0 Å². The van der Waals surface area contributed by atoms with Crippen molar-refractivity contribution in [2.75, 3.05) is 5.32 Å². The molecule has 0 saturated heterocycles. The maximum absolute atomic E-state index is 11.5. The molecule has 112 valence electrons. The molecule has 4 nitrogen and oxygen atoms in total. The number of carboxylic acid groups (broad SMARTS) is 1. The summed E-state index contributed by atoms with van der Waals surface area (Å²) in [6.45, 7) is 6.16. The Kier molecular flexibility index (Phi) is 4.54. The van der Waals surface area contributed by atoms with Crippen LogP contribution in [0.25, 0.3) is 0 Å². The highest BCUT2D eigenvalue weighted by atomic mass is 35.5. The van der Waals surface area contributed by atoms with Crippen LogP contribution in [0, 0.1) is 0 Å². The first-order valence-corrected chi connectivity index (χ1v) is 7.74. The molecule has 2 aromatic rings. The zero-order chi connectivity index (χ0) is 15.6. The van der Waals surface area contributed by atoms with Gasteiger partial charge in [-0.1, -0.05) is 32.4 Å². The number of hydrogen-bond acceptors (Lipinski definition) is 4. The molecule has 1 aromatic carbocycles. The number of anilines is 1. The maximum Gasteiger partial charge on any atom is 0.332 e. The molecule has 0 fully saturated rings. The van der Waals surface area contributed by atoms with Crippen LogP contribution in [0.1, 0.15) is 37.5 Å². The van der Waals surface area contributed by atoms with Gasteiger partial charge >= 0.3 is 5.97 Å². The lowest BCUT2D eigenvalue weighted by atomic mass is 9.98. The fraction of sp³-hybridized carbons (Fsp3) is 0.333. The number of nitrogens with zero attached hydrogens (tertiary/aromatic N) is 1. The molecule has 0 radical (unpaired) electrons. The second-order valence-electron chi connectivity index (χ2n) is 5.75. The molecule has 0 aliphatic rings. The van der Waals surface area contributed by atoms with Crippen LogP contribution in [0.3, 0.4) is 0 Å². The minimum absolute atomic E-state index is 0.0910. The topological polar surface area (TPSA) is 62.2 Å². The number of carboxylic acids is 1. The number of aromatic nitrogens is 1. The van der Waals surface area contributed by atoms with Gasteiger partial charge in [-0.2, -0.15) is 0 Å². The van der Waals surface area contributed by atoms with E-state index in [1.165, 1.54) is 11.3 Å². The molecule has 0 saturated carbocycles. The Balaban J connectivity index is 2.25. The van der Waals surface area contributed by atoms with E-state index < -0.39 is 12.0 Å². The van der Waals surface area contributed by atoms with Gasteiger partial charge in [0.1, 0.15) is 0 Å². The van der Waals surface area contributed by atoms with Crippen molar-refractivity contribution in [3.8, 4) is 0 Å². The van der Waals surface area contributed by atoms with Crippen LogP contribution in [0.2, 0.25) is 5.02 Å². The molecule has 1 heterocycles. The number of thiazole rings is 1. The van der Waals surface area contributed by atoms with Gasteiger partial charge in [0.2, 0.25) is 0 Å². The molecule has 1 atom stereocenters. The van der Waals surface area contributed by atoms with Crippen molar-refractivity contribution in [2.24, 2.45) is 0 Å². The predicted molar refractivity (Wildman–Crippen MR) is 86.3 cm³/mol. The summed E-state index contributed by atoms with van der Waals surface area (Å²) in [6.07, 6.45) is 0. The van der Waals surface area contributed by atoms with Crippen LogP contribution in [0.5, 0.6) is 0 Å². The number of carbonyl (C=O) groups is 1. The Morgan fingerprint density at radius 2 is 1.95 bits per heavy atom. The Labute approximate surface area is 132 Å². The van der Waals surface area contributed by atoms with Crippen LogP contribution in [0.15, 0.2) is 29.6 Å².